The molecule has 0 spiro atoms. The molecule has 0 bridgehead atoms. The Morgan fingerprint density at radius 1 is 0.434 bits per heavy atom. The van der Waals surface area contributed by atoms with Gasteiger partial charge in [0.1, 0.15) is 23.0 Å². The van der Waals surface area contributed by atoms with Crippen molar-refractivity contribution in [3.8, 4) is 23.0 Å². The number of carbonyl (C=O) groups is 4. The number of aromatic hydroxyl groups is 2. The average molecular weight is 1020 g/mol. The Morgan fingerprint density at radius 2 is 0.763 bits per heavy atom. The third kappa shape index (κ3) is 14.2. The molecule has 0 saturated heterocycles. The van der Waals surface area contributed by atoms with Crippen molar-refractivity contribution in [3.63, 3.8) is 0 Å². The molecule has 6 N–H and O–H groups in total. The lowest BCUT2D eigenvalue weighted by Crippen LogP contribution is -2.17. The highest BCUT2D eigenvalue weighted by Gasteiger charge is 2.21. The quantitative estimate of drug-likeness (QED) is 0.0254. The fraction of sp³-hybridized carbons (Fsp3) is 0.226. The molecule has 0 saturated carbocycles. The first-order chi connectivity index (χ1) is 37.0. The maximum atomic E-state index is 13.9. The highest BCUT2D eigenvalue weighted by atomic mass is 16.5. The van der Waals surface area contributed by atoms with Crippen molar-refractivity contribution in [2.75, 3.05) is 35.5 Å². The first-order valence-electron chi connectivity index (χ1n) is 25.6. The van der Waals surface area contributed by atoms with Crippen LogP contribution in [0, 0.1) is 0 Å². The fourth-order valence-corrected chi connectivity index (χ4v) is 8.62. The number of phenols is 2. The second-order valence-electron chi connectivity index (χ2n) is 18.0. The topological polar surface area (TPSA) is 200 Å². The lowest BCUT2D eigenvalue weighted by molar-refractivity contribution is 0.101. The van der Waals surface area contributed by atoms with Crippen molar-refractivity contribution < 1.29 is 38.9 Å². The molecular formula is C62H64N6O8. The number of aryl methyl sites for hydroxylation is 2. The number of rotatable bonds is 24. The van der Waals surface area contributed by atoms with Gasteiger partial charge in [-0.3, -0.25) is 29.2 Å². The van der Waals surface area contributed by atoms with Gasteiger partial charge in [0.05, 0.1) is 70.6 Å². The van der Waals surface area contributed by atoms with Crippen LogP contribution in [0.25, 0.3) is 0 Å². The zero-order valence-electron chi connectivity index (χ0n) is 43.3. The van der Waals surface area contributed by atoms with Crippen LogP contribution in [0.2, 0.25) is 0 Å². The number of phenolic OH excluding ortho intramolecular Hbond substituents is 2. The molecule has 4 amide bonds. The highest BCUT2D eigenvalue weighted by molar-refractivity contribution is 6.13. The first kappa shape index (κ1) is 54.7. The molecule has 0 aliphatic heterocycles. The van der Waals surface area contributed by atoms with Crippen LogP contribution in [-0.4, -0.2) is 60.5 Å². The standard InChI is InChI=1S/C62H64N6O8/c1-5-7-9-11-23-41-37-53(63-39-43-25-21-29-47(57(43)69)61(73)67-51-33-17-15-31-49(51)65-59(71)45-27-13-19-35-55(45)75-3)54(38-42(41)24-12-10-8-6-2)64-40-44-26-22-30-48(58(44)70)62(74)68-52-34-18-16-32-50(52)66-60(72)46-28-14-20-36-56(46)76-4/h13-22,25-40,69-70H,5-12,23-24H2,1-4H3,(H,65,71)(H,66,72)(H,67,73)(H,68,74). The van der Waals surface area contributed by atoms with Crippen molar-refractivity contribution in [1.29, 1.82) is 0 Å². The number of hydrogen-bond donors (Lipinski definition) is 6. The summed E-state index contributed by atoms with van der Waals surface area (Å²) in [6.45, 7) is 4.37. The molecule has 14 nitrogen and oxygen atoms in total. The summed E-state index contributed by atoms with van der Waals surface area (Å²) in [5.41, 5.74) is 5.72. The summed E-state index contributed by atoms with van der Waals surface area (Å²) < 4.78 is 10.7. The molecule has 0 radical (unpaired) electrons. The van der Waals surface area contributed by atoms with Crippen molar-refractivity contribution >= 4 is 70.2 Å². The lowest BCUT2D eigenvalue weighted by Gasteiger charge is -2.15. The number of hydrogen-bond acceptors (Lipinski definition) is 10. The summed E-state index contributed by atoms with van der Waals surface area (Å²) in [6.07, 6.45) is 13.3. The van der Waals surface area contributed by atoms with Crippen LogP contribution in [0.1, 0.15) is 129 Å². The van der Waals surface area contributed by atoms with E-state index in [1.54, 1.807) is 121 Å². The third-order valence-electron chi connectivity index (χ3n) is 12.8. The van der Waals surface area contributed by atoms with E-state index in [0.717, 1.165) is 75.3 Å². The molecule has 7 rings (SSSR count). The molecule has 76 heavy (non-hydrogen) atoms. The second-order valence-corrected chi connectivity index (χ2v) is 18.0. The molecule has 14 heteroatoms. The normalized spacial score (nSPS) is 11.1. The molecule has 0 unspecified atom stereocenters. The van der Waals surface area contributed by atoms with Gasteiger partial charge in [0.2, 0.25) is 0 Å². The van der Waals surface area contributed by atoms with Crippen molar-refractivity contribution in [1.82, 2.24) is 0 Å². The molecule has 0 heterocycles. The van der Waals surface area contributed by atoms with E-state index in [-0.39, 0.29) is 33.8 Å². The third-order valence-corrected chi connectivity index (χ3v) is 12.8. The molecule has 390 valence electrons. The second kappa shape index (κ2) is 27.3. The molecule has 0 aromatic heterocycles. The van der Waals surface area contributed by atoms with Crippen molar-refractivity contribution in [2.24, 2.45) is 9.98 Å². The smallest absolute Gasteiger partial charge is 0.259 e. The zero-order chi connectivity index (χ0) is 53.8. The predicted molar refractivity (Wildman–Crippen MR) is 304 cm³/mol. The van der Waals surface area contributed by atoms with E-state index in [4.69, 9.17) is 19.5 Å². The van der Waals surface area contributed by atoms with Gasteiger partial charge in [0, 0.05) is 23.6 Å². The summed E-state index contributed by atoms with van der Waals surface area (Å²) in [6, 6.07) is 40.8. The van der Waals surface area contributed by atoms with Gasteiger partial charge >= 0.3 is 0 Å². The van der Waals surface area contributed by atoms with Crippen LogP contribution in [0.4, 0.5) is 34.1 Å². The van der Waals surface area contributed by atoms with Gasteiger partial charge in [-0.25, -0.2) is 0 Å². The number of unbranched alkanes of at least 4 members (excludes halogenated alkanes) is 6. The van der Waals surface area contributed by atoms with Crippen LogP contribution in [0.15, 0.2) is 156 Å². The molecule has 0 atom stereocenters. The Balaban J connectivity index is 1.17. The number of carbonyl (C=O) groups excluding carboxylic acids is 4. The molecule has 7 aromatic rings. The summed E-state index contributed by atoms with van der Waals surface area (Å²) in [4.78, 5) is 64.2. The van der Waals surface area contributed by atoms with Crippen LogP contribution in [0.3, 0.4) is 0 Å². The SMILES string of the molecule is CCCCCCc1cc(N=Cc2cccc(C(=O)Nc3ccccc3NC(=O)c3ccccc3OC)c2O)c(N=Cc2cccc(C(=O)Nc3ccccc3NC(=O)c3ccccc3OC)c2O)cc1CCCCCC. The summed E-state index contributed by atoms with van der Waals surface area (Å²) in [5, 5.41) is 34.6. The summed E-state index contributed by atoms with van der Waals surface area (Å²) in [5.74, 6) is -1.92. The van der Waals surface area contributed by atoms with E-state index in [1.165, 1.54) is 38.8 Å². The Labute approximate surface area is 444 Å². The minimum Gasteiger partial charge on any atom is -0.506 e. The van der Waals surface area contributed by atoms with Gasteiger partial charge in [-0.15, -0.1) is 0 Å². The van der Waals surface area contributed by atoms with Gasteiger partial charge in [-0.1, -0.05) is 113 Å². The number of nitrogens with one attached hydrogen (secondary N) is 4. The Hall–Kier alpha value is -9.04. The van der Waals surface area contributed by atoms with E-state index in [1.807, 2.05) is 12.1 Å². The monoisotopic (exact) mass is 1020 g/mol. The van der Waals surface area contributed by atoms with Crippen LogP contribution in [0.5, 0.6) is 23.0 Å². The summed E-state index contributed by atoms with van der Waals surface area (Å²) in [7, 11) is 2.96. The van der Waals surface area contributed by atoms with Crippen LogP contribution < -0.4 is 30.7 Å². The number of ether oxygens (including phenoxy) is 2. The minimum atomic E-state index is -0.616. The van der Waals surface area contributed by atoms with E-state index < -0.39 is 23.6 Å². The molecule has 7 aromatic carbocycles. The van der Waals surface area contributed by atoms with Gasteiger partial charge in [-0.05, 0) is 122 Å². The Bertz CT molecular complexity index is 3030. The maximum absolute atomic E-state index is 13.9. The number of benzene rings is 7. The lowest BCUT2D eigenvalue weighted by atomic mass is 9.95. The zero-order valence-corrected chi connectivity index (χ0v) is 43.3. The number of para-hydroxylation sites is 8. The van der Waals surface area contributed by atoms with Crippen LogP contribution >= 0.6 is 0 Å². The number of anilines is 4. The molecule has 0 aliphatic rings. The molecule has 0 fully saturated rings. The maximum Gasteiger partial charge on any atom is 0.259 e. The number of amides is 4. The van der Waals surface area contributed by atoms with Gasteiger partial charge in [0.25, 0.3) is 23.6 Å². The first-order valence-corrected chi connectivity index (χ1v) is 25.6. The van der Waals surface area contributed by atoms with Gasteiger partial charge in [0.15, 0.2) is 0 Å². The van der Waals surface area contributed by atoms with Crippen molar-refractivity contribution in [2.45, 2.75) is 78.1 Å². The van der Waals surface area contributed by atoms with Crippen molar-refractivity contribution in [3.05, 3.63) is 190 Å². The van der Waals surface area contributed by atoms with E-state index in [2.05, 4.69) is 35.1 Å². The van der Waals surface area contributed by atoms with E-state index in [9.17, 15) is 29.4 Å². The van der Waals surface area contributed by atoms with Gasteiger partial charge in [-0.2, -0.15) is 0 Å². The molecule has 0 aliphatic carbocycles. The van der Waals surface area contributed by atoms with Gasteiger partial charge < -0.3 is 41.0 Å². The fourth-order valence-electron chi connectivity index (χ4n) is 8.62. The van der Waals surface area contributed by atoms with E-state index >= 15 is 0 Å². The average Bonchev–Trinajstić information content (AvgIpc) is 3.44. The molecular weight excluding hydrogens is 957 g/mol. The highest BCUT2D eigenvalue weighted by Crippen LogP contribution is 2.36. The number of aliphatic imine (C=N–C) groups is 2. The Morgan fingerprint density at radius 3 is 1.12 bits per heavy atom. The number of methoxy groups -OCH3 is 2. The minimum absolute atomic E-state index is 0.0208. The largest absolute Gasteiger partial charge is 0.506 e. The van der Waals surface area contributed by atoms with Crippen LogP contribution in [-0.2, 0) is 12.8 Å². The summed E-state index contributed by atoms with van der Waals surface area (Å²) >= 11 is 0. The predicted octanol–water partition coefficient (Wildman–Crippen LogP) is 13.9. The number of nitrogens with zero attached hydrogens (tertiary/aromatic N) is 2. The Kier molecular flexibility index (Phi) is 19.7. The van der Waals surface area contributed by atoms with E-state index in [0.29, 0.717) is 56.8 Å².